The molecule has 2 heterocycles. The highest BCUT2D eigenvalue weighted by Crippen LogP contribution is 2.56. The monoisotopic (exact) mass is 419 g/mol. The van der Waals surface area contributed by atoms with E-state index in [0.717, 1.165) is 5.39 Å². The van der Waals surface area contributed by atoms with Gasteiger partial charge in [-0.1, -0.05) is 36.4 Å². The van der Waals surface area contributed by atoms with Crippen molar-refractivity contribution < 1.29 is 28.6 Å². The number of aromatic nitrogens is 2. The van der Waals surface area contributed by atoms with Gasteiger partial charge in [0.1, 0.15) is 11.0 Å². The third kappa shape index (κ3) is 2.20. The number of carbonyl (C=O) groups is 3. The summed E-state index contributed by atoms with van der Waals surface area (Å²) in [5.74, 6) is -2.41. The van der Waals surface area contributed by atoms with E-state index in [1.165, 1.54) is 7.11 Å². The molecule has 2 aromatic carbocycles. The molecule has 1 aromatic heterocycles. The molecule has 0 bridgehead atoms. The number of ether oxygens (including phenoxy) is 3. The van der Waals surface area contributed by atoms with Gasteiger partial charge in [0.15, 0.2) is 11.5 Å². The number of esters is 2. The Hall–Kier alpha value is -4.14. The van der Waals surface area contributed by atoms with Crippen molar-refractivity contribution in [3.63, 3.8) is 0 Å². The average molecular weight is 419 g/mol. The number of fused-ring (bicyclic) bond motifs is 3. The molecule has 156 valence electrons. The van der Waals surface area contributed by atoms with Gasteiger partial charge in [-0.25, -0.2) is 9.59 Å². The second-order valence-corrected chi connectivity index (χ2v) is 7.12. The predicted molar refractivity (Wildman–Crippen MR) is 107 cm³/mol. The number of nitrogens with one attached hydrogen (secondary N) is 1. The van der Waals surface area contributed by atoms with Crippen LogP contribution < -0.4 is 10.5 Å². The molecule has 3 N–H and O–H groups in total. The molecule has 3 aromatic rings. The van der Waals surface area contributed by atoms with Crippen LogP contribution in [0.25, 0.3) is 10.8 Å². The van der Waals surface area contributed by atoms with Crippen LogP contribution in [0.1, 0.15) is 38.9 Å². The topological polar surface area (TPSA) is 134 Å². The molecule has 5 rings (SSSR count). The quantitative estimate of drug-likeness (QED) is 0.616. The summed E-state index contributed by atoms with van der Waals surface area (Å²) in [7, 11) is 1.20. The summed E-state index contributed by atoms with van der Waals surface area (Å²) in [6, 6.07) is 10.7. The number of hydrogen-bond acceptors (Lipinski definition) is 8. The van der Waals surface area contributed by atoms with Gasteiger partial charge in [-0.05, 0) is 23.3 Å². The Labute approximate surface area is 175 Å². The first-order valence-electron chi connectivity index (χ1n) is 9.56. The van der Waals surface area contributed by atoms with Gasteiger partial charge in [-0.2, -0.15) is 0 Å². The van der Waals surface area contributed by atoms with E-state index in [0.29, 0.717) is 16.5 Å². The summed E-state index contributed by atoms with van der Waals surface area (Å²) in [6.45, 7) is 1.69. The van der Waals surface area contributed by atoms with Gasteiger partial charge >= 0.3 is 11.9 Å². The lowest BCUT2D eigenvalue weighted by molar-refractivity contribution is -0.139. The smallest absolute Gasteiger partial charge is 0.356 e. The number of H-pyrrole nitrogens is 1. The summed E-state index contributed by atoms with van der Waals surface area (Å²) in [5, 5.41) is 8.07. The Morgan fingerprint density at radius 2 is 1.94 bits per heavy atom. The van der Waals surface area contributed by atoms with Crippen LogP contribution in [0.5, 0.6) is 5.88 Å². The Balaban J connectivity index is 1.96. The lowest BCUT2D eigenvalue weighted by atomic mass is 9.67. The third-order valence-electron chi connectivity index (χ3n) is 5.70. The Morgan fingerprint density at radius 1 is 1.19 bits per heavy atom. The number of carbonyl (C=O) groups excluding carboxylic acids is 3. The van der Waals surface area contributed by atoms with Crippen LogP contribution in [0.4, 0.5) is 0 Å². The number of methoxy groups -OCH3 is 1. The lowest BCUT2D eigenvalue weighted by Gasteiger charge is -2.34. The molecular weight excluding hydrogens is 402 g/mol. The number of nitrogens with two attached hydrogens (primary N) is 1. The standard InChI is InChI=1S/C22H17N3O6/c1-3-30-20(27)15-18(23)31-19-14(16(24-25-19)21(28)29-2)22(15)12-9-5-7-10-6-4-8-11(13(10)12)17(22)26/h4-9H,3,23H2,1-2H3,(H,24,25). The van der Waals surface area contributed by atoms with Crippen LogP contribution in [0, 0.1) is 0 Å². The van der Waals surface area contributed by atoms with Crippen molar-refractivity contribution >= 4 is 28.5 Å². The van der Waals surface area contributed by atoms with Gasteiger partial charge in [0, 0.05) is 5.56 Å². The van der Waals surface area contributed by atoms with Crippen molar-refractivity contribution in [2.24, 2.45) is 5.73 Å². The van der Waals surface area contributed by atoms with Crippen LogP contribution in [0.15, 0.2) is 47.9 Å². The van der Waals surface area contributed by atoms with Crippen LogP contribution in [0.3, 0.4) is 0 Å². The highest BCUT2D eigenvalue weighted by Gasteiger charge is 2.61. The van der Waals surface area contributed by atoms with E-state index in [9.17, 15) is 14.4 Å². The molecule has 1 atom stereocenters. The molecule has 31 heavy (non-hydrogen) atoms. The highest BCUT2D eigenvalue weighted by atomic mass is 16.5. The van der Waals surface area contributed by atoms with Crippen LogP contribution in [0.2, 0.25) is 0 Å². The van der Waals surface area contributed by atoms with Gasteiger partial charge in [0.2, 0.25) is 11.8 Å². The second-order valence-electron chi connectivity index (χ2n) is 7.12. The first kappa shape index (κ1) is 18.9. The predicted octanol–water partition coefficient (Wildman–Crippen LogP) is 1.96. The zero-order valence-electron chi connectivity index (χ0n) is 16.6. The van der Waals surface area contributed by atoms with Crippen LogP contribution in [-0.4, -0.2) is 41.6 Å². The van der Waals surface area contributed by atoms with Gasteiger partial charge < -0.3 is 19.9 Å². The molecule has 0 saturated carbocycles. The van der Waals surface area contributed by atoms with E-state index in [1.807, 2.05) is 12.1 Å². The Bertz CT molecular complexity index is 1330. The number of aromatic amines is 1. The molecule has 0 fully saturated rings. The van der Waals surface area contributed by atoms with E-state index in [2.05, 4.69) is 10.2 Å². The number of benzene rings is 2. The largest absolute Gasteiger partial charge is 0.464 e. The van der Waals surface area contributed by atoms with Crippen molar-refractivity contribution in [3.8, 4) is 5.88 Å². The number of nitrogens with zero attached hydrogens (tertiary/aromatic N) is 1. The maximum absolute atomic E-state index is 14.1. The van der Waals surface area contributed by atoms with Gasteiger partial charge in [0.05, 0.1) is 19.3 Å². The lowest BCUT2D eigenvalue weighted by Crippen LogP contribution is -2.45. The van der Waals surface area contributed by atoms with Gasteiger partial charge in [0.25, 0.3) is 0 Å². The first-order chi connectivity index (χ1) is 15.0. The van der Waals surface area contributed by atoms with Gasteiger partial charge in [-0.15, -0.1) is 5.10 Å². The highest BCUT2D eigenvalue weighted by molar-refractivity contribution is 6.27. The molecule has 0 saturated heterocycles. The zero-order chi connectivity index (χ0) is 21.9. The van der Waals surface area contributed by atoms with Crippen LogP contribution >= 0.6 is 0 Å². The van der Waals surface area contributed by atoms with Gasteiger partial charge in [-0.3, -0.25) is 9.89 Å². The molecule has 9 heteroatoms. The second kappa shape index (κ2) is 6.43. The fourth-order valence-electron chi connectivity index (χ4n) is 4.58. The van der Waals surface area contributed by atoms with Crippen molar-refractivity contribution in [3.05, 3.63) is 70.2 Å². The van der Waals surface area contributed by atoms with E-state index >= 15 is 0 Å². The fraction of sp³-hybridized carbons (Fsp3) is 0.182. The summed E-state index contributed by atoms with van der Waals surface area (Å²) in [4.78, 5) is 39.8. The minimum atomic E-state index is -1.77. The van der Waals surface area contributed by atoms with Crippen LogP contribution in [-0.2, 0) is 19.7 Å². The summed E-state index contributed by atoms with van der Waals surface area (Å²) in [5.41, 5.74) is 5.05. The molecule has 1 spiro atoms. The molecule has 1 aliphatic carbocycles. The van der Waals surface area contributed by atoms with E-state index in [-0.39, 0.29) is 35.2 Å². The molecule has 1 unspecified atom stereocenters. The number of hydrogen-bond donors (Lipinski definition) is 2. The first-order valence-corrected chi connectivity index (χ1v) is 9.56. The molecule has 1 aliphatic heterocycles. The average Bonchev–Trinajstić information content (AvgIpc) is 3.29. The molecular formula is C22H17N3O6. The van der Waals surface area contributed by atoms with Crippen molar-refractivity contribution in [2.45, 2.75) is 12.3 Å². The Kier molecular flexibility index (Phi) is 3.91. The molecule has 2 aliphatic rings. The maximum Gasteiger partial charge on any atom is 0.356 e. The normalized spacial score (nSPS) is 18.8. The van der Waals surface area contributed by atoms with Crippen molar-refractivity contribution in [2.75, 3.05) is 13.7 Å². The fourth-order valence-corrected chi connectivity index (χ4v) is 4.58. The molecule has 0 radical (unpaired) electrons. The number of rotatable bonds is 3. The minimum Gasteiger partial charge on any atom is -0.464 e. The Morgan fingerprint density at radius 3 is 2.65 bits per heavy atom. The SMILES string of the molecule is CCOC(=O)C1=C(N)Oc2n[nH]c(C(=O)OC)c2C12C(=O)c1cccc3cccc2c13. The maximum atomic E-state index is 14.1. The molecule has 0 amide bonds. The van der Waals surface area contributed by atoms with E-state index in [4.69, 9.17) is 19.9 Å². The van der Waals surface area contributed by atoms with Crippen molar-refractivity contribution in [1.82, 2.24) is 10.2 Å². The molecule has 9 nitrogen and oxygen atoms in total. The summed E-state index contributed by atoms with van der Waals surface area (Å²) < 4.78 is 15.7. The zero-order valence-corrected chi connectivity index (χ0v) is 16.6. The summed E-state index contributed by atoms with van der Waals surface area (Å²) >= 11 is 0. The van der Waals surface area contributed by atoms with Crippen molar-refractivity contribution in [1.29, 1.82) is 0 Å². The third-order valence-corrected chi connectivity index (χ3v) is 5.70. The minimum absolute atomic E-state index is 0.0547. The number of Topliss-reactive ketones (excluding diaryl/α,β-unsaturated/α-hetero) is 1. The van der Waals surface area contributed by atoms with E-state index in [1.54, 1.807) is 31.2 Å². The summed E-state index contributed by atoms with van der Waals surface area (Å²) in [6.07, 6.45) is 0. The number of ketones is 1. The van der Waals surface area contributed by atoms with E-state index < -0.39 is 23.1 Å².